The summed E-state index contributed by atoms with van der Waals surface area (Å²) in [5.41, 5.74) is -0.824. The van der Waals surface area contributed by atoms with E-state index in [2.05, 4.69) is 10.3 Å². The van der Waals surface area contributed by atoms with E-state index >= 15 is 0 Å². The average Bonchev–Trinajstić information content (AvgIpc) is 2.27. The average molecular weight is 266 g/mol. The molecule has 0 spiro atoms. The van der Waals surface area contributed by atoms with E-state index in [0.717, 1.165) is 0 Å². The summed E-state index contributed by atoms with van der Waals surface area (Å²) in [6, 6.07) is 1.09. The highest BCUT2D eigenvalue weighted by Crippen LogP contribution is 2.33. The van der Waals surface area contributed by atoms with Crippen LogP contribution in [0.1, 0.15) is 30.1 Å². The normalized spacial score (nSPS) is 26.1. The number of alkyl halides is 2. The number of hydrogen-bond acceptors (Lipinski definition) is 4. The fourth-order valence-corrected chi connectivity index (χ4v) is 2.20. The predicted molar refractivity (Wildman–Crippen MR) is 67.2 cm³/mol. The Morgan fingerprint density at radius 2 is 2.26 bits per heavy atom. The van der Waals surface area contributed by atoms with Crippen molar-refractivity contribution in [3.63, 3.8) is 0 Å². The molecular formula is C12H13BF2N2O2. The zero-order valence-corrected chi connectivity index (χ0v) is 10.4. The van der Waals surface area contributed by atoms with Gasteiger partial charge < -0.3 is 10.4 Å². The van der Waals surface area contributed by atoms with Gasteiger partial charge in [-0.1, -0.05) is 11.5 Å². The molecule has 1 saturated carbocycles. The highest BCUT2D eigenvalue weighted by atomic mass is 19.3. The smallest absolute Gasteiger partial charge is 0.300 e. The number of anilines is 1. The van der Waals surface area contributed by atoms with E-state index in [1.165, 1.54) is 12.3 Å². The predicted octanol–water partition coefficient (Wildman–Crippen LogP) is 0.649. The Balaban J connectivity index is 2.18. The molecule has 0 saturated heterocycles. The maximum atomic E-state index is 12.5. The summed E-state index contributed by atoms with van der Waals surface area (Å²) in [5, 5.41) is 12.5. The topological polar surface area (TPSA) is 62.2 Å². The van der Waals surface area contributed by atoms with Crippen LogP contribution in [-0.2, 0) is 0 Å². The van der Waals surface area contributed by atoms with Gasteiger partial charge in [0.1, 0.15) is 13.7 Å². The molecule has 1 fully saturated rings. The second kappa shape index (κ2) is 4.88. The third kappa shape index (κ3) is 3.09. The molecular weight excluding hydrogens is 253 g/mol. The minimum atomic E-state index is -3.10. The molecule has 0 amide bonds. The molecule has 7 heteroatoms. The summed E-state index contributed by atoms with van der Waals surface area (Å²) in [6.45, 7) is 1.69. The summed E-state index contributed by atoms with van der Waals surface area (Å²) < 4.78 is 25.0. The van der Waals surface area contributed by atoms with E-state index < -0.39 is 17.8 Å². The van der Waals surface area contributed by atoms with E-state index in [9.17, 15) is 18.7 Å². The van der Waals surface area contributed by atoms with Crippen LogP contribution in [0, 0.1) is 0 Å². The van der Waals surface area contributed by atoms with Crippen molar-refractivity contribution in [2.45, 2.75) is 37.8 Å². The van der Waals surface area contributed by atoms with Crippen molar-refractivity contribution >= 4 is 24.9 Å². The lowest BCUT2D eigenvalue weighted by Crippen LogP contribution is -2.48. The molecule has 19 heavy (non-hydrogen) atoms. The molecule has 2 rings (SSSR count). The van der Waals surface area contributed by atoms with Crippen molar-refractivity contribution in [2.24, 2.45) is 0 Å². The standard InChI is InChI=1S/C12H13BF2N2O2/c1-12(19)3-7(4-12)17-11-8(9(18)10(14)15)2-6(13)5-16-11/h2,5,7,10,19H,3-4H2,1H3,(H,16,17). The fourth-order valence-electron chi connectivity index (χ4n) is 2.20. The molecule has 0 bridgehead atoms. The first-order chi connectivity index (χ1) is 8.78. The van der Waals surface area contributed by atoms with Gasteiger partial charge in [0.05, 0.1) is 11.2 Å². The largest absolute Gasteiger partial charge is 0.390 e. The Labute approximate surface area is 110 Å². The second-order valence-electron chi connectivity index (χ2n) is 5.08. The van der Waals surface area contributed by atoms with Crippen LogP contribution in [0.4, 0.5) is 14.6 Å². The third-order valence-electron chi connectivity index (χ3n) is 3.09. The Hall–Kier alpha value is -1.50. The molecule has 1 aromatic heterocycles. The van der Waals surface area contributed by atoms with Gasteiger partial charge in [-0.2, -0.15) is 0 Å². The first-order valence-electron chi connectivity index (χ1n) is 5.85. The fraction of sp³-hybridized carbons (Fsp3) is 0.500. The molecule has 1 aromatic rings. The van der Waals surface area contributed by atoms with E-state index in [1.54, 1.807) is 6.92 Å². The van der Waals surface area contributed by atoms with Crippen LogP contribution in [0.2, 0.25) is 0 Å². The lowest BCUT2D eigenvalue weighted by atomic mass is 9.77. The Kier molecular flexibility index (Phi) is 3.58. The number of carbonyl (C=O) groups excluding carboxylic acids is 1. The van der Waals surface area contributed by atoms with Crippen molar-refractivity contribution in [2.75, 3.05) is 5.32 Å². The number of aromatic nitrogens is 1. The third-order valence-corrected chi connectivity index (χ3v) is 3.09. The van der Waals surface area contributed by atoms with Crippen LogP contribution in [0.25, 0.3) is 0 Å². The lowest BCUT2D eigenvalue weighted by Gasteiger charge is -2.41. The first kappa shape index (κ1) is 13.9. The van der Waals surface area contributed by atoms with Gasteiger partial charge in [-0.15, -0.1) is 0 Å². The van der Waals surface area contributed by atoms with Gasteiger partial charge in [-0.25, -0.2) is 13.8 Å². The summed E-state index contributed by atoms with van der Waals surface area (Å²) in [4.78, 5) is 15.3. The summed E-state index contributed by atoms with van der Waals surface area (Å²) in [6.07, 6.45) is -0.863. The number of nitrogens with zero attached hydrogens (tertiary/aromatic N) is 1. The highest BCUT2D eigenvalue weighted by molar-refractivity contribution is 6.32. The van der Waals surface area contributed by atoms with Crippen LogP contribution < -0.4 is 10.8 Å². The number of carbonyl (C=O) groups is 1. The molecule has 2 N–H and O–H groups in total. The molecule has 100 valence electrons. The maximum Gasteiger partial charge on any atom is 0.300 e. The van der Waals surface area contributed by atoms with Crippen LogP contribution in [0.3, 0.4) is 0 Å². The molecule has 4 nitrogen and oxygen atoms in total. The summed E-state index contributed by atoms with van der Waals surface area (Å²) in [7, 11) is 5.46. The van der Waals surface area contributed by atoms with Gasteiger partial charge in [-0.05, 0) is 19.8 Å². The monoisotopic (exact) mass is 266 g/mol. The first-order valence-corrected chi connectivity index (χ1v) is 5.85. The number of Topliss-reactive ketones (excluding diaryl/α,β-unsaturated/α-hetero) is 1. The highest BCUT2D eigenvalue weighted by Gasteiger charge is 2.39. The zero-order chi connectivity index (χ0) is 14.2. The van der Waals surface area contributed by atoms with E-state index in [1.807, 2.05) is 0 Å². The van der Waals surface area contributed by atoms with Gasteiger partial charge in [0.2, 0.25) is 5.78 Å². The number of hydrogen-bond donors (Lipinski definition) is 2. The number of aliphatic hydroxyl groups is 1. The Morgan fingerprint density at radius 1 is 1.63 bits per heavy atom. The van der Waals surface area contributed by atoms with E-state index in [-0.39, 0.29) is 22.9 Å². The minimum absolute atomic E-state index is 0.0833. The van der Waals surface area contributed by atoms with Crippen LogP contribution in [0.5, 0.6) is 0 Å². The molecule has 1 aliphatic rings. The second-order valence-corrected chi connectivity index (χ2v) is 5.08. The molecule has 2 radical (unpaired) electrons. The van der Waals surface area contributed by atoms with Gasteiger partial charge >= 0.3 is 6.43 Å². The Morgan fingerprint density at radius 3 is 2.79 bits per heavy atom. The van der Waals surface area contributed by atoms with Gasteiger partial charge in [0.25, 0.3) is 0 Å². The van der Waals surface area contributed by atoms with Crippen molar-refractivity contribution in [3.05, 3.63) is 17.8 Å². The SMILES string of the molecule is [B]c1cnc(NC2CC(C)(O)C2)c(C(=O)C(F)F)c1. The molecule has 0 aliphatic heterocycles. The van der Waals surface area contributed by atoms with Crippen molar-refractivity contribution < 1.29 is 18.7 Å². The number of ketones is 1. The molecule has 1 heterocycles. The number of rotatable bonds is 4. The van der Waals surface area contributed by atoms with E-state index in [4.69, 9.17) is 7.85 Å². The number of pyridine rings is 1. The van der Waals surface area contributed by atoms with E-state index in [0.29, 0.717) is 12.8 Å². The van der Waals surface area contributed by atoms with Gasteiger partial charge in [0.15, 0.2) is 0 Å². The van der Waals surface area contributed by atoms with Crippen molar-refractivity contribution in [1.82, 2.24) is 4.98 Å². The summed E-state index contributed by atoms with van der Waals surface area (Å²) >= 11 is 0. The minimum Gasteiger partial charge on any atom is -0.390 e. The Bertz CT molecular complexity index is 501. The van der Waals surface area contributed by atoms with Crippen LogP contribution >= 0.6 is 0 Å². The van der Waals surface area contributed by atoms with Gasteiger partial charge in [-0.3, -0.25) is 4.79 Å². The summed E-state index contributed by atoms with van der Waals surface area (Å²) in [5.74, 6) is -1.23. The molecule has 0 aromatic carbocycles. The zero-order valence-electron chi connectivity index (χ0n) is 10.4. The quantitative estimate of drug-likeness (QED) is 0.620. The molecule has 0 unspecified atom stereocenters. The number of halogens is 2. The number of nitrogens with one attached hydrogen (secondary N) is 1. The van der Waals surface area contributed by atoms with Crippen LogP contribution in [0.15, 0.2) is 12.3 Å². The van der Waals surface area contributed by atoms with Crippen LogP contribution in [-0.4, -0.2) is 41.8 Å². The lowest BCUT2D eigenvalue weighted by molar-refractivity contribution is -0.0235. The molecule has 0 atom stereocenters. The molecule has 1 aliphatic carbocycles. The van der Waals surface area contributed by atoms with Crippen molar-refractivity contribution in [1.29, 1.82) is 0 Å². The maximum absolute atomic E-state index is 12.5. The van der Waals surface area contributed by atoms with Gasteiger partial charge in [0, 0.05) is 12.2 Å². The van der Waals surface area contributed by atoms with Crippen molar-refractivity contribution in [3.8, 4) is 0 Å².